The highest BCUT2D eigenvalue weighted by Crippen LogP contribution is 2.24. The molecule has 5 heteroatoms. The van der Waals surface area contributed by atoms with Crippen LogP contribution in [-0.4, -0.2) is 16.6 Å². The molecule has 0 unspecified atom stereocenters. The molecule has 13 heavy (non-hydrogen) atoms. The van der Waals surface area contributed by atoms with Gasteiger partial charge >= 0.3 is 0 Å². The molecular weight excluding hydrogens is 194 g/mol. The average Bonchev–Trinajstić information content (AvgIpc) is 2.04. The van der Waals surface area contributed by atoms with Gasteiger partial charge in [0.2, 0.25) is 0 Å². The van der Waals surface area contributed by atoms with Crippen LogP contribution in [0.1, 0.15) is 5.56 Å². The van der Waals surface area contributed by atoms with E-state index >= 15 is 0 Å². The molecule has 0 saturated carbocycles. The lowest BCUT2D eigenvalue weighted by Crippen LogP contribution is -1.93. The van der Waals surface area contributed by atoms with Gasteiger partial charge in [0.1, 0.15) is 5.02 Å². The van der Waals surface area contributed by atoms with Crippen molar-refractivity contribution in [2.75, 3.05) is 6.61 Å². The highest BCUT2D eigenvalue weighted by atomic mass is 35.5. The fourth-order valence-electron chi connectivity index (χ4n) is 0.983. The predicted octanol–water partition coefficient (Wildman–Crippen LogP) is 1.78. The Hall–Kier alpha value is -1.13. The standard InChI is InChI=1S/C8H8ClNO3/c9-7-5-6(3-4-11)1-2-8(7)10(12)13/h1-2,5,11H,3-4H2. The van der Waals surface area contributed by atoms with Gasteiger partial charge in [0.25, 0.3) is 5.69 Å². The van der Waals surface area contributed by atoms with Crippen LogP contribution in [0.3, 0.4) is 0 Å². The number of nitro groups is 1. The van der Waals surface area contributed by atoms with Crippen molar-refractivity contribution in [1.82, 2.24) is 0 Å². The molecule has 0 aliphatic carbocycles. The number of benzene rings is 1. The summed E-state index contributed by atoms with van der Waals surface area (Å²) in [6, 6.07) is 4.42. The van der Waals surface area contributed by atoms with E-state index in [1.165, 1.54) is 12.1 Å². The van der Waals surface area contributed by atoms with E-state index < -0.39 is 4.92 Å². The van der Waals surface area contributed by atoms with Gasteiger partial charge in [0.05, 0.1) is 4.92 Å². The lowest BCUT2D eigenvalue weighted by Gasteiger charge is -1.99. The van der Waals surface area contributed by atoms with Crippen LogP contribution in [-0.2, 0) is 6.42 Å². The molecule has 0 aliphatic rings. The van der Waals surface area contributed by atoms with Gasteiger partial charge < -0.3 is 5.11 Å². The second-order valence-corrected chi connectivity index (χ2v) is 2.92. The zero-order valence-corrected chi connectivity index (χ0v) is 7.49. The zero-order valence-electron chi connectivity index (χ0n) is 6.74. The molecule has 0 aromatic heterocycles. The molecule has 1 aromatic rings. The van der Waals surface area contributed by atoms with E-state index in [2.05, 4.69) is 0 Å². The molecule has 70 valence electrons. The van der Waals surface area contributed by atoms with Crippen LogP contribution in [0.15, 0.2) is 18.2 Å². The van der Waals surface area contributed by atoms with E-state index in [0.29, 0.717) is 6.42 Å². The molecule has 1 aromatic carbocycles. The van der Waals surface area contributed by atoms with Gasteiger partial charge in [0.15, 0.2) is 0 Å². The van der Waals surface area contributed by atoms with Crippen LogP contribution >= 0.6 is 11.6 Å². The first-order chi connectivity index (χ1) is 6.15. The summed E-state index contributed by atoms with van der Waals surface area (Å²) >= 11 is 5.64. The predicted molar refractivity (Wildman–Crippen MR) is 48.9 cm³/mol. The van der Waals surface area contributed by atoms with Gasteiger partial charge in [-0.3, -0.25) is 10.1 Å². The number of nitrogens with zero attached hydrogens (tertiary/aromatic N) is 1. The lowest BCUT2D eigenvalue weighted by atomic mass is 10.1. The Morgan fingerprint density at radius 2 is 2.23 bits per heavy atom. The summed E-state index contributed by atoms with van der Waals surface area (Å²) < 4.78 is 0. The Morgan fingerprint density at radius 3 is 2.69 bits per heavy atom. The van der Waals surface area contributed by atoms with Gasteiger partial charge in [-0.15, -0.1) is 0 Å². The van der Waals surface area contributed by atoms with E-state index in [4.69, 9.17) is 16.7 Å². The number of rotatable bonds is 3. The van der Waals surface area contributed by atoms with Crippen molar-refractivity contribution in [3.63, 3.8) is 0 Å². The number of nitro benzene ring substituents is 1. The smallest absolute Gasteiger partial charge is 0.287 e. The Balaban J connectivity index is 2.98. The first-order valence-electron chi connectivity index (χ1n) is 3.69. The number of hydrogen-bond acceptors (Lipinski definition) is 3. The van der Waals surface area contributed by atoms with Crippen molar-refractivity contribution in [3.05, 3.63) is 38.9 Å². The van der Waals surface area contributed by atoms with Gasteiger partial charge in [-0.05, 0) is 18.1 Å². The van der Waals surface area contributed by atoms with Crippen LogP contribution in [0.25, 0.3) is 0 Å². The van der Waals surface area contributed by atoms with Crippen molar-refractivity contribution in [2.45, 2.75) is 6.42 Å². The van der Waals surface area contributed by atoms with Crippen LogP contribution in [0, 0.1) is 10.1 Å². The molecule has 0 bridgehead atoms. The zero-order chi connectivity index (χ0) is 9.84. The third kappa shape index (κ3) is 2.40. The number of hydrogen-bond donors (Lipinski definition) is 1. The van der Waals surface area contributed by atoms with Crippen LogP contribution in [0.5, 0.6) is 0 Å². The van der Waals surface area contributed by atoms with Crippen LogP contribution < -0.4 is 0 Å². The molecule has 0 atom stereocenters. The minimum Gasteiger partial charge on any atom is -0.396 e. The van der Waals surface area contributed by atoms with Crippen molar-refractivity contribution < 1.29 is 10.0 Å². The highest BCUT2D eigenvalue weighted by Gasteiger charge is 2.11. The molecule has 0 fully saturated rings. The first kappa shape index (κ1) is 9.95. The molecule has 0 radical (unpaired) electrons. The summed E-state index contributed by atoms with van der Waals surface area (Å²) in [5, 5.41) is 19.1. The lowest BCUT2D eigenvalue weighted by molar-refractivity contribution is -0.384. The molecule has 1 rings (SSSR count). The third-order valence-electron chi connectivity index (χ3n) is 1.61. The summed E-state index contributed by atoms with van der Waals surface area (Å²) in [4.78, 5) is 9.83. The molecular formula is C8H8ClNO3. The first-order valence-corrected chi connectivity index (χ1v) is 4.06. The molecule has 0 heterocycles. The molecule has 0 aliphatic heterocycles. The summed E-state index contributed by atoms with van der Waals surface area (Å²) in [6.45, 7) is 0.00808. The van der Waals surface area contributed by atoms with Crippen LogP contribution in [0.4, 0.5) is 5.69 Å². The van der Waals surface area contributed by atoms with E-state index in [1.807, 2.05) is 0 Å². The minimum absolute atomic E-state index is 0.00808. The largest absolute Gasteiger partial charge is 0.396 e. The Kier molecular flexibility index (Phi) is 3.22. The average molecular weight is 202 g/mol. The molecule has 0 saturated heterocycles. The fraction of sp³-hybridized carbons (Fsp3) is 0.250. The molecule has 1 N–H and O–H groups in total. The summed E-state index contributed by atoms with van der Waals surface area (Å²) in [5.74, 6) is 0. The topological polar surface area (TPSA) is 63.4 Å². The second kappa shape index (κ2) is 4.20. The number of aliphatic hydroxyl groups excluding tert-OH is 1. The fourth-order valence-corrected chi connectivity index (χ4v) is 1.26. The maximum absolute atomic E-state index is 10.4. The molecule has 4 nitrogen and oxygen atoms in total. The Morgan fingerprint density at radius 1 is 1.54 bits per heavy atom. The van der Waals surface area contributed by atoms with Gasteiger partial charge in [0, 0.05) is 12.7 Å². The van der Waals surface area contributed by atoms with Crippen molar-refractivity contribution >= 4 is 17.3 Å². The monoisotopic (exact) mass is 201 g/mol. The van der Waals surface area contributed by atoms with Crippen molar-refractivity contribution in [2.24, 2.45) is 0 Å². The summed E-state index contributed by atoms with van der Waals surface area (Å²) in [7, 11) is 0. The molecule has 0 spiro atoms. The van der Waals surface area contributed by atoms with Gasteiger partial charge in [-0.2, -0.15) is 0 Å². The Bertz CT molecular complexity index is 327. The van der Waals surface area contributed by atoms with Crippen molar-refractivity contribution in [1.29, 1.82) is 0 Å². The highest BCUT2D eigenvalue weighted by molar-refractivity contribution is 6.32. The third-order valence-corrected chi connectivity index (χ3v) is 1.91. The number of aliphatic hydroxyl groups is 1. The van der Waals surface area contributed by atoms with E-state index in [0.717, 1.165) is 5.56 Å². The van der Waals surface area contributed by atoms with E-state index in [-0.39, 0.29) is 17.3 Å². The Labute approximate surface area is 79.9 Å². The summed E-state index contributed by atoms with van der Waals surface area (Å²) in [5.41, 5.74) is 0.682. The maximum Gasteiger partial charge on any atom is 0.287 e. The van der Waals surface area contributed by atoms with Gasteiger partial charge in [-0.25, -0.2) is 0 Å². The van der Waals surface area contributed by atoms with Gasteiger partial charge in [-0.1, -0.05) is 17.7 Å². The summed E-state index contributed by atoms with van der Waals surface area (Å²) in [6.07, 6.45) is 0.456. The molecule has 0 amide bonds. The van der Waals surface area contributed by atoms with E-state index in [9.17, 15) is 10.1 Å². The maximum atomic E-state index is 10.4. The quantitative estimate of drug-likeness (QED) is 0.599. The minimum atomic E-state index is -0.537. The van der Waals surface area contributed by atoms with Crippen LogP contribution in [0.2, 0.25) is 5.02 Å². The normalized spacial score (nSPS) is 10.0. The SMILES string of the molecule is O=[N+]([O-])c1ccc(CCO)cc1Cl. The van der Waals surface area contributed by atoms with E-state index in [1.54, 1.807) is 6.07 Å². The second-order valence-electron chi connectivity index (χ2n) is 2.52. The number of halogens is 1. The van der Waals surface area contributed by atoms with Crippen molar-refractivity contribution in [3.8, 4) is 0 Å².